The fourth-order valence-corrected chi connectivity index (χ4v) is 2.02. The summed E-state index contributed by atoms with van der Waals surface area (Å²) in [6, 6.07) is 0. The normalized spacial score (nSPS) is 11.8. The van der Waals surface area contributed by atoms with Crippen LogP contribution in [0.15, 0.2) is 0 Å². The molecule has 0 saturated carbocycles. The van der Waals surface area contributed by atoms with Crippen molar-refractivity contribution in [3.63, 3.8) is 0 Å². The van der Waals surface area contributed by atoms with E-state index in [0.29, 0.717) is 13.0 Å². The van der Waals surface area contributed by atoms with E-state index in [2.05, 4.69) is 24.3 Å². The number of hydrogen-bond acceptors (Lipinski definition) is 3. The molecular weight excluding hydrogens is 242 g/mol. The van der Waals surface area contributed by atoms with Gasteiger partial charge in [-0.25, -0.2) is 0 Å². The molecule has 5 heteroatoms. The molecule has 0 bridgehead atoms. The zero-order chi connectivity index (χ0) is 14.6. The Morgan fingerprint density at radius 3 is 2.53 bits per heavy atom. The molecule has 1 aromatic rings. The van der Waals surface area contributed by atoms with Crippen molar-refractivity contribution in [1.82, 2.24) is 15.1 Å². The second kappa shape index (κ2) is 6.19. The fourth-order valence-electron chi connectivity index (χ4n) is 2.02. The topological polar surface area (TPSA) is 67.2 Å². The molecule has 0 spiro atoms. The zero-order valence-electron chi connectivity index (χ0n) is 12.6. The van der Waals surface area contributed by atoms with Crippen LogP contribution in [0.1, 0.15) is 44.1 Å². The maximum Gasteiger partial charge on any atom is 0.309 e. The lowest BCUT2D eigenvalue weighted by Gasteiger charge is -2.19. The van der Waals surface area contributed by atoms with Crippen LogP contribution in [0.5, 0.6) is 0 Å². The Bertz CT molecular complexity index is 450. The van der Waals surface area contributed by atoms with Gasteiger partial charge in [0.15, 0.2) is 0 Å². The van der Waals surface area contributed by atoms with Crippen molar-refractivity contribution in [2.24, 2.45) is 5.41 Å². The Kier molecular flexibility index (Phi) is 5.11. The van der Waals surface area contributed by atoms with Crippen LogP contribution in [-0.2, 0) is 17.9 Å². The van der Waals surface area contributed by atoms with E-state index in [1.807, 2.05) is 11.6 Å². The van der Waals surface area contributed by atoms with Crippen LogP contribution in [-0.4, -0.2) is 27.4 Å². The van der Waals surface area contributed by atoms with Crippen molar-refractivity contribution >= 4 is 5.97 Å². The van der Waals surface area contributed by atoms with Crippen LogP contribution in [0.4, 0.5) is 0 Å². The quantitative estimate of drug-likeness (QED) is 0.743. The molecule has 0 aliphatic heterocycles. The number of carboxylic acid groups (broad SMARTS) is 1. The highest BCUT2D eigenvalue weighted by Crippen LogP contribution is 2.19. The SMILES string of the molecule is CCn1nc(C)c(CNCCC(C)(C)C(=O)O)c1C. The number of aromatic nitrogens is 2. The molecule has 2 N–H and O–H groups in total. The van der Waals surface area contributed by atoms with Gasteiger partial charge in [0, 0.05) is 24.3 Å². The van der Waals surface area contributed by atoms with Crippen LogP contribution in [0.3, 0.4) is 0 Å². The minimum absolute atomic E-state index is 0.613. The summed E-state index contributed by atoms with van der Waals surface area (Å²) in [5.74, 6) is -0.750. The van der Waals surface area contributed by atoms with E-state index in [9.17, 15) is 4.79 Å². The van der Waals surface area contributed by atoms with Gasteiger partial charge in [-0.1, -0.05) is 0 Å². The van der Waals surface area contributed by atoms with Gasteiger partial charge < -0.3 is 10.4 Å². The summed E-state index contributed by atoms with van der Waals surface area (Å²) in [5, 5.41) is 16.8. The maximum atomic E-state index is 11.0. The Morgan fingerprint density at radius 1 is 1.42 bits per heavy atom. The molecule has 0 amide bonds. The summed E-state index contributed by atoms with van der Waals surface area (Å²) in [5.41, 5.74) is 2.77. The van der Waals surface area contributed by atoms with E-state index in [4.69, 9.17) is 5.11 Å². The molecule has 0 atom stereocenters. The Morgan fingerprint density at radius 2 is 2.05 bits per heavy atom. The Hall–Kier alpha value is -1.36. The first kappa shape index (κ1) is 15.7. The average Bonchev–Trinajstić information content (AvgIpc) is 2.60. The van der Waals surface area contributed by atoms with Crippen LogP contribution < -0.4 is 5.32 Å². The minimum atomic E-state index is -0.750. The predicted molar refractivity (Wildman–Crippen MR) is 75.1 cm³/mol. The summed E-state index contributed by atoms with van der Waals surface area (Å²) in [6.45, 7) is 12.0. The van der Waals surface area contributed by atoms with Gasteiger partial charge in [-0.15, -0.1) is 0 Å². The zero-order valence-corrected chi connectivity index (χ0v) is 12.6. The van der Waals surface area contributed by atoms with Crippen LogP contribution >= 0.6 is 0 Å². The average molecular weight is 267 g/mol. The number of rotatable bonds is 7. The number of aryl methyl sites for hydroxylation is 2. The van der Waals surface area contributed by atoms with E-state index in [1.165, 1.54) is 11.3 Å². The molecule has 1 aromatic heterocycles. The number of aliphatic carboxylic acids is 1. The number of hydrogen-bond donors (Lipinski definition) is 2. The first-order valence-corrected chi connectivity index (χ1v) is 6.76. The van der Waals surface area contributed by atoms with Gasteiger partial charge in [0.25, 0.3) is 0 Å². The standard InChI is InChI=1S/C14H25N3O2/c1-6-17-11(3)12(10(2)16-17)9-15-8-7-14(4,5)13(18)19/h15H,6-9H2,1-5H3,(H,18,19). The lowest BCUT2D eigenvalue weighted by atomic mass is 9.90. The highest BCUT2D eigenvalue weighted by molar-refractivity contribution is 5.73. The van der Waals surface area contributed by atoms with Gasteiger partial charge >= 0.3 is 5.97 Å². The molecule has 0 unspecified atom stereocenters. The summed E-state index contributed by atoms with van der Waals surface area (Å²) in [4.78, 5) is 11.0. The molecule has 0 aliphatic carbocycles. The van der Waals surface area contributed by atoms with E-state index >= 15 is 0 Å². The van der Waals surface area contributed by atoms with E-state index in [-0.39, 0.29) is 0 Å². The smallest absolute Gasteiger partial charge is 0.309 e. The molecule has 0 saturated heterocycles. The van der Waals surface area contributed by atoms with Gasteiger partial charge in [0.2, 0.25) is 0 Å². The summed E-state index contributed by atoms with van der Waals surface area (Å²) < 4.78 is 1.99. The van der Waals surface area contributed by atoms with Crippen LogP contribution in [0.2, 0.25) is 0 Å². The monoisotopic (exact) mass is 267 g/mol. The van der Waals surface area contributed by atoms with Gasteiger partial charge in [0.05, 0.1) is 11.1 Å². The third kappa shape index (κ3) is 3.80. The molecule has 108 valence electrons. The molecule has 19 heavy (non-hydrogen) atoms. The molecular formula is C14H25N3O2. The number of carboxylic acids is 1. The van der Waals surface area contributed by atoms with Crippen molar-refractivity contribution in [2.75, 3.05) is 6.54 Å². The van der Waals surface area contributed by atoms with Gasteiger partial charge in [-0.2, -0.15) is 5.10 Å². The van der Waals surface area contributed by atoms with E-state index in [0.717, 1.165) is 18.8 Å². The number of carbonyl (C=O) groups is 1. The van der Waals surface area contributed by atoms with Gasteiger partial charge in [0.1, 0.15) is 0 Å². The minimum Gasteiger partial charge on any atom is -0.481 e. The molecule has 0 fully saturated rings. The first-order chi connectivity index (χ1) is 8.79. The van der Waals surface area contributed by atoms with Crippen molar-refractivity contribution in [3.05, 3.63) is 17.0 Å². The molecule has 5 nitrogen and oxygen atoms in total. The number of nitrogens with zero attached hydrogens (tertiary/aromatic N) is 2. The molecule has 1 heterocycles. The maximum absolute atomic E-state index is 11.0. The number of nitrogens with one attached hydrogen (secondary N) is 1. The third-order valence-corrected chi connectivity index (χ3v) is 3.64. The van der Waals surface area contributed by atoms with Gasteiger partial charge in [-0.3, -0.25) is 9.48 Å². The summed E-state index contributed by atoms with van der Waals surface area (Å²) in [6.07, 6.45) is 0.613. The largest absolute Gasteiger partial charge is 0.481 e. The molecule has 0 aliphatic rings. The van der Waals surface area contributed by atoms with Crippen LogP contribution in [0.25, 0.3) is 0 Å². The second-order valence-corrected chi connectivity index (χ2v) is 5.58. The van der Waals surface area contributed by atoms with Crippen molar-refractivity contribution in [3.8, 4) is 0 Å². The van der Waals surface area contributed by atoms with Crippen LogP contribution in [0, 0.1) is 19.3 Å². The lowest BCUT2D eigenvalue weighted by Crippen LogP contribution is -2.29. The molecule has 0 radical (unpaired) electrons. The van der Waals surface area contributed by atoms with Crippen molar-refractivity contribution in [2.45, 2.75) is 54.1 Å². The highest BCUT2D eigenvalue weighted by Gasteiger charge is 2.26. The Labute approximate surface area is 115 Å². The summed E-state index contributed by atoms with van der Waals surface area (Å²) >= 11 is 0. The summed E-state index contributed by atoms with van der Waals surface area (Å²) in [7, 11) is 0. The molecule has 0 aromatic carbocycles. The van der Waals surface area contributed by atoms with E-state index in [1.54, 1.807) is 13.8 Å². The fraction of sp³-hybridized carbons (Fsp3) is 0.714. The third-order valence-electron chi connectivity index (χ3n) is 3.64. The van der Waals surface area contributed by atoms with E-state index < -0.39 is 11.4 Å². The van der Waals surface area contributed by atoms with Crippen molar-refractivity contribution < 1.29 is 9.90 Å². The lowest BCUT2D eigenvalue weighted by molar-refractivity contribution is -0.147. The predicted octanol–water partition coefficient (Wildman–Crippen LogP) is 2.11. The second-order valence-electron chi connectivity index (χ2n) is 5.58. The highest BCUT2D eigenvalue weighted by atomic mass is 16.4. The Balaban J connectivity index is 2.51. The van der Waals surface area contributed by atoms with Gasteiger partial charge in [-0.05, 0) is 47.6 Å². The van der Waals surface area contributed by atoms with Crippen molar-refractivity contribution in [1.29, 1.82) is 0 Å². The molecule has 1 rings (SSSR count). The first-order valence-electron chi connectivity index (χ1n) is 6.76.